The Bertz CT molecular complexity index is 176. The molecule has 1 heteroatoms. The summed E-state index contributed by atoms with van der Waals surface area (Å²) in [5, 5.41) is 10.2. The van der Waals surface area contributed by atoms with E-state index in [0.29, 0.717) is 5.92 Å². The van der Waals surface area contributed by atoms with Crippen LogP contribution in [-0.4, -0.2) is 11.2 Å². The average molecular weight is 210 g/mol. The van der Waals surface area contributed by atoms with E-state index in [1.165, 1.54) is 51.4 Å². The summed E-state index contributed by atoms with van der Waals surface area (Å²) >= 11 is 0. The van der Waals surface area contributed by atoms with Crippen molar-refractivity contribution in [3.63, 3.8) is 0 Å². The van der Waals surface area contributed by atoms with Crippen molar-refractivity contribution in [1.29, 1.82) is 0 Å². The molecule has 0 aromatic rings. The first-order valence-electron chi connectivity index (χ1n) is 6.93. The highest BCUT2D eigenvalue weighted by atomic mass is 16.3. The topological polar surface area (TPSA) is 20.2 Å². The molecular weight excluding hydrogens is 184 g/mol. The van der Waals surface area contributed by atoms with Crippen LogP contribution in [0.2, 0.25) is 0 Å². The van der Waals surface area contributed by atoms with Crippen LogP contribution in [0.15, 0.2) is 0 Å². The van der Waals surface area contributed by atoms with Crippen molar-refractivity contribution in [3.8, 4) is 0 Å². The molecule has 0 saturated heterocycles. The van der Waals surface area contributed by atoms with Gasteiger partial charge in [-0.3, -0.25) is 0 Å². The molecule has 0 aromatic heterocycles. The minimum absolute atomic E-state index is 0.0194. The van der Waals surface area contributed by atoms with Crippen LogP contribution in [0.4, 0.5) is 0 Å². The third-order valence-corrected chi connectivity index (χ3v) is 4.65. The third-order valence-electron chi connectivity index (χ3n) is 4.65. The van der Waals surface area contributed by atoms with Crippen LogP contribution in [0.3, 0.4) is 0 Å². The molecule has 0 aliphatic heterocycles. The van der Waals surface area contributed by atoms with E-state index in [-0.39, 0.29) is 6.10 Å². The Morgan fingerprint density at radius 1 is 1.00 bits per heavy atom. The molecule has 0 bridgehead atoms. The Balaban J connectivity index is 1.71. The Kier molecular flexibility index (Phi) is 4.07. The first-order chi connectivity index (χ1) is 7.25. The summed E-state index contributed by atoms with van der Waals surface area (Å²) in [6.45, 7) is 2.36. The monoisotopic (exact) mass is 210 g/mol. The summed E-state index contributed by atoms with van der Waals surface area (Å²) in [5.41, 5.74) is 0. The van der Waals surface area contributed by atoms with Gasteiger partial charge in [-0.1, -0.05) is 45.4 Å². The fourth-order valence-electron chi connectivity index (χ4n) is 3.44. The van der Waals surface area contributed by atoms with Gasteiger partial charge in [-0.05, 0) is 37.0 Å². The molecule has 88 valence electrons. The SMILES string of the molecule is CC1CCC(CC(O)C2CCCC2)CC1. The highest BCUT2D eigenvalue weighted by Crippen LogP contribution is 2.35. The van der Waals surface area contributed by atoms with Crippen molar-refractivity contribution < 1.29 is 5.11 Å². The minimum atomic E-state index is 0.0194. The second-order valence-corrected chi connectivity index (χ2v) is 5.97. The maximum absolute atomic E-state index is 10.2. The van der Waals surface area contributed by atoms with Gasteiger partial charge >= 0.3 is 0 Å². The van der Waals surface area contributed by atoms with Crippen molar-refractivity contribution in [1.82, 2.24) is 0 Å². The second-order valence-electron chi connectivity index (χ2n) is 5.97. The van der Waals surface area contributed by atoms with Crippen molar-refractivity contribution in [2.24, 2.45) is 17.8 Å². The van der Waals surface area contributed by atoms with Crippen LogP contribution in [0, 0.1) is 17.8 Å². The maximum Gasteiger partial charge on any atom is 0.0571 e. The summed E-state index contributed by atoms with van der Waals surface area (Å²) < 4.78 is 0. The molecule has 0 radical (unpaired) electrons. The van der Waals surface area contributed by atoms with Crippen LogP contribution in [0.25, 0.3) is 0 Å². The summed E-state index contributed by atoms with van der Waals surface area (Å²) in [4.78, 5) is 0. The molecule has 2 rings (SSSR count). The van der Waals surface area contributed by atoms with E-state index >= 15 is 0 Å². The highest BCUT2D eigenvalue weighted by Gasteiger charge is 2.27. The van der Waals surface area contributed by atoms with Gasteiger partial charge in [-0.2, -0.15) is 0 Å². The van der Waals surface area contributed by atoms with Gasteiger partial charge in [0.2, 0.25) is 0 Å². The Morgan fingerprint density at radius 2 is 1.60 bits per heavy atom. The predicted molar refractivity (Wildman–Crippen MR) is 63.7 cm³/mol. The molecule has 1 nitrogen and oxygen atoms in total. The van der Waals surface area contributed by atoms with E-state index in [9.17, 15) is 5.11 Å². The first-order valence-corrected chi connectivity index (χ1v) is 6.93. The van der Waals surface area contributed by atoms with E-state index in [4.69, 9.17) is 0 Å². The Labute approximate surface area is 94.3 Å². The van der Waals surface area contributed by atoms with Gasteiger partial charge in [0.25, 0.3) is 0 Å². The zero-order valence-corrected chi connectivity index (χ0v) is 10.1. The van der Waals surface area contributed by atoms with E-state index < -0.39 is 0 Å². The van der Waals surface area contributed by atoms with Gasteiger partial charge in [0.1, 0.15) is 0 Å². The van der Waals surface area contributed by atoms with Gasteiger partial charge < -0.3 is 5.11 Å². The smallest absolute Gasteiger partial charge is 0.0571 e. The molecule has 0 aromatic carbocycles. The highest BCUT2D eigenvalue weighted by molar-refractivity contribution is 4.79. The number of hydrogen-bond acceptors (Lipinski definition) is 1. The normalized spacial score (nSPS) is 35.6. The lowest BCUT2D eigenvalue weighted by Gasteiger charge is -2.29. The largest absolute Gasteiger partial charge is 0.393 e. The molecule has 0 heterocycles. The number of hydrogen-bond donors (Lipinski definition) is 1. The zero-order chi connectivity index (χ0) is 10.7. The maximum atomic E-state index is 10.2. The Morgan fingerprint density at radius 3 is 2.20 bits per heavy atom. The van der Waals surface area contributed by atoms with Gasteiger partial charge in [-0.25, -0.2) is 0 Å². The van der Waals surface area contributed by atoms with Gasteiger partial charge in [0.15, 0.2) is 0 Å². The molecule has 1 unspecified atom stereocenters. The van der Waals surface area contributed by atoms with Crippen LogP contribution in [-0.2, 0) is 0 Å². The van der Waals surface area contributed by atoms with Crippen molar-refractivity contribution >= 4 is 0 Å². The lowest BCUT2D eigenvalue weighted by atomic mass is 9.79. The second kappa shape index (κ2) is 5.34. The van der Waals surface area contributed by atoms with Crippen molar-refractivity contribution in [2.75, 3.05) is 0 Å². The summed E-state index contributed by atoms with van der Waals surface area (Å²) in [6.07, 6.45) is 11.9. The van der Waals surface area contributed by atoms with E-state index in [1.807, 2.05) is 0 Å². The first kappa shape index (κ1) is 11.4. The van der Waals surface area contributed by atoms with Crippen LogP contribution < -0.4 is 0 Å². The molecule has 2 aliphatic rings. The Hall–Kier alpha value is -0.0400. The predicted octanol–water partition coefficient (Wildman–Crippen LogP) is 3.75. The summed E-state index contributed by atoms with van der Waals surface area (Å²) in [7, 11) is 0. The number of aliphatic hydroxyl groups excluding tert-OH is 1. The number of aliphatic hydroxyl groups is 1. The average Bonchev–Trinajstić information content (AvgIpc) is 2.74. The fourth-order valence-corrected chi connectivity index (χ4v) is 3.44. The molecule has 1 N–H and O–H groups in total. The van der Waals surface area contributed by atoms with Crippen molar-refractivity contribution in [2.45, 2.75) is 70.8 Å². The molecule has 0 amide bonds. The molecule has 2 fully saturated rings. The van der Waals surface area contributed by atoms with Crippen LogP contribution >= 0.6 is 0 Å². The summed E-state index contributed by atoms with van der Waals surface area (Å²) in [6, 6.07) is 0. The molecular formula is C14H26O. The summed E-state index contributed by atoms with van der Waals surface area (Å²) in [5.74, 6) is 2.41. The van der Waals surface area contributed by atoms with Gasteiger partial charge in [0.05, 0.1) is 6.10 Å². The van der Waals surface area contributed by atoms with E-state index in [1.54, 1.807) is 0 Å². The van der Waals surface area contributed by atoms with Crippen molar-refractivity contribution in [3.05, 3.63) is 0 Å². The molecule has 15 heavy (non-hydrogen) atoms. The quantitative estimate of drug-likeness (QED) is 0.752. The third kappa shape index (κ3) is 3.21. The van der Waals surface area contributed by atoms with Crippen LogP contribution in [0.1, 0.15) is 64.7 Å². The lowest BCUT2D eigenvalue weighted by Crippen LogP contribution is -2.23. The molecule has 2 saturated carbocycles. The molecule has 2 aliphatic carbocycles. The van der Waals surface area contributed by atoms with E-state index in [2.05, 4.69) is 6.92 Å². The minimum Gasteiger partial charge on any atom is -0.393 e. The lowest BCUT2D eigenvalue weighted by molar-refractivity contribution is 0.0733. The van der Waals surface area contributed by atoms with Gasteiger partial charge in [-0.15, -0.1) is 0 Å². The van der Waals surface area contributed by atoms with E-state index in [0.717, 1.165) is 18.3 Å². The standard InChI is InChI=1S/C14H26O/c1-11-6-8-12(9-7-11)10-14(15)13-4-2-3-5-13/h11-15H,2-10H2,1H3. The van der Waals surface area contributed by atoms with Gasteiger partial charge in [0, 0.05) is 0 Å². The van der Waals surface area contributed by atoms with Crippen LogP contribution in [0.5, 0.6) is 0 Å². The molecule has 1 atom stereocenters. The number of rotatable bonds is 3. The fraction of sp³-hybridized carbons (Fsp3) is 1.00. The molecule has 0 spiro atoms. The zero-order valence-electron chi connectivity index (χ0n) is 10.1.